The van der Waals surface area contributed by atoms with Crippen molar-refractivity contribution in [1.82, 2.24) is 0 Å². The first kappa shape index (κ1) is 36.2. The molecule has 0 bridgehead atoms. The van der Waals surface area contributed by atoms with E-state index < -0.39 is 27.5 Å². The number of hydrogen-bond acceptors (Lipinski definition) is 3. The van der Waals surface area contributed by atoms with Gasteiger partial charge >= 0.3 is 73.6 Å². The Morgan fingerprint density at radius 2 is 0.600 bits per heavy atom. The molecule has 8 N–H and O–H groups in total. The Kier molecular flexibility index (Phi) is 70.5. The van der Waals surface area contributed by atoms with Crippen molar-refractivity contribution in [2.45, 2.75) is 0 Å². The quantitative estimate of drug-likeness (QED) is 0.235. The van der Waals surface area contributed by atoms with E-state index in [2.05, 4.69) is 0 Å². The molecule has 15 heteroatoms. The third kappa shape index (κ3) is 18600. The predicted molar refractivity (Wildman–Crippen MR) is 52.2 cm³/mol. The van der Waals surface area contributed by atoms with Crippen LogP contribution in [-0.4, -0.2) is 108 Å². The predicted octanol–water partition coefficient (Wildman–Crippen LogP) is -5.98. The molecule has 0 aliphatic heterocycles. The van der Waals surface area contributed by atoms with Crippen LogP contribution < -0.4 is 0 Å². The van der Waals surface area contributed by atoms with Crippen LogP contribution in [0.1, 0.15) is 5.71 Å². The van der Waals surface area contributed by atoms with E-state index in [1.807, 2.05) is 0 Å². The van der Waals surface area contributed by atoms with Crippen LogP contribution in [0.3, 0.4) is 0 Å². The number of hydrogen-bond donors (Lipinski definition) is 6. The summed E-state index contributed by atoms with van der Waals surface area (Å²) in [6.07, 6.45) is 0. The summed E-state index contributed by atoms with van der Waals surface area (Å²) in [6.45, 7) is 0. The van der Waals surface area contributed by atoms with E-state index in [-0.39, 0.29) is 57.3 Å². The third-order valence-corrected chi connectivity index (χ3v) is 0. The van der Waals surface area contributed by atoms with Gasteiger partial charge in [-0.2, -0.15) is 0 Å². The van der Waals surface area contributed by atoms with Crippen molar-refractivity contribution in [2.24, 2.45) is 0 Å². The molecule has 0 radical (unpaired) electrons. The first-order valence-electron chi connectivity index (χ1n) is 1.95. The molecule has 0 saturated carbocycles. The van der Waals surface area contributed by atoms with E-state index in [9.17, 15) is 0 Å². The summed E-state index contributed by atoms with van der Waals surface area (Å²) < 4.78 is 26.2. The van der Waals surface area contributed by atoms with Crippen molar-refractivity contribution in [3.8, 4) is 0 Å². The van der Waals surface area contributed by atoms with Crippen molar-refractivity contribution in [2.75, 3.05) is 0 Å². The van der Waals surface area contributed by atoms with E-state index in [1.165, 1.54) is 0 Å². The molecule has 0 unspecified atom stereocenters. The smallest absolute Gasteiger partial charge is 1.00 e. The van der Waals surface area contributed by atoms with Gasteiger partial charge in [-0.3, -0.25) is 13.4 Å². The van der Waals surface area contributed by atoms with Crippen molar-refractivity contribution in [1.29, 1.82) is 0 Å². The molecule has 0 heterocycles. The van der Waals surface area contributed by atoms with Gasteiger partial charge in [-0.15, -0.1) is 0 Å². The first-order chi connectivity index (χ1) is 5.20. The molecule has 0 spiro atoms. The summed E-state index contributed by atoms with van der Waals surface area (Å²) in [5.41, 5.74) is 0. The average Bonchev–Trinajstić information content (AvgIpc) is 1.54. The maximum Gasteiger partial charge on any atom is 2.00 e. The zero-order chi connectivity index (χ0) is 10.7. The molecule has 0 fully saturated rings. The zero-order valence-corrected chi connectivity index (χ0v) is 13.2. The maximum atomic E-state index is 8.74. The largest absolute Gasteiger partial charge is 2.00 e. The molecule has 15 heavy (non-hydrogen) atoms. The Morgan fingerprint density at radius 3 is 0.600 bits per heavy atom. The summed E-state index contributed by atoms with van der Waals surface area (Å²) in [5.74, 6) is 0. The van der Waals surface area contributed by atoms with E-state index in [1.54, 1.807) is 0 Å². The Balaban J connectivity index is -0.00000000675. The second-order valence-electron chi connectivity index (χ2n) is 0.848. The van der Waals surface area contributed by atoms with Crippen LogP contribution in [-0.2, 0) is 13.4 Å². The molecule has 0 rings (SSSR count). The van der Waals surface area contributed by atoms with E-state index in [0.717, 1.165) is 0 Å². The topological polar surface area (TPSA) is 204 Å². The fourth-order valence-corrected chi connectivity index (χ4v) is 0. The summed E-state index contributed by atoms with van der Waals surface area (Å²) in [5, 5.41) is 0. The van der Waals surface area contributed by atoms with Gasteiger partial charge < -0.3 is 40.0 Å². The standard InChI is InChI=1S/2Mg.3H2O3Si.H2O.4H/c;;3*1-4(2)3;;;;;/h;;3*1-2H;1H2;;;;/q2*+2;;;;;4*-1. The van der Waals surface area contributed by atoms with E-state index in [0.29, 0.717) is 0 Å². The Labute approximate surface area is 126 Å². The van der Waals surface area contributed by atoms with Crippen molar-refractivity contribution in [3.63, 3.8) is 0 Å². The van der Waals surface area contributed by atoms with Gasteiger partial charge in [0.25, 0.3) is 0 Å². The molecule has 0 aromatic rings. The van der Waals surface area contributed by atoms with Crippen LogP contribution in [0.25, 0.3) is 0 Å². The van der Waals surface area contributed by atoms with Gasteiger partial charge in [0.05, 0.1) is 0 Å². The van der Waals surface area contributed by atoms with E-state index in [4.69, 9.17) is 42.2 Å². The van der Waals surface area contributed by atoms with Gasteiger partial charge in [-0.05, 0) is 0 Å². The molecule has 0 aliphatic carbocycles. The summed E-state index contributed by atoms with van der Waals surface area (Å²) in [6, 6.07) is 0. The Bertz CT molecular complexity index is 130. The minimum Gasteiger partial charge on any atom is -1.00 e. The van der Waals surface area contributed by atoms with Crippen LogP contribution in [0.15, 0.2) is 0 Å². The minimum absolute atomic E-state index is 0. The molecule has 0 amide bonds. The molecular formula is H12Mg2O10Si3. The molecule has 0 aromatic carbocycles. The van der Waals surface area contributed by atoms with Gasteiger partial charge in [0.1, 0.15) is 0 Å². The fraction of sp³-hybridized carbons (Fsp3) is 0. The molecule has 0 atom stereocenters. The van der Waals surface area contributed by atoms with Crippen molar-refractivity contribution in [3.05, 3.63) is 0 Å². The number of rotatable bonds is 0. The normalized spacial score (nSPS) is 4.80. The summed E-state index contributed by atoms with van der Waals surface area (Å²) >= 11 is 0. The fourth-order valence-electron chi connectivity index (χ4n) is 0. The van der Waals surface area contributed by atoms with Crippen molar-refractivity contribution < 1.29 is 53.3 Å². The van der Waals surface area contributed by atoms with Gasteiger partial charge in [0.15, 0.2) is 0 Å². The maximum absolute atomic E-state index is 8.74. The molecule has 88 valence electrons. The van der Waals surface area contributed by atoms with Gasteiger partial charge in [-0.1, -0.05) is 0 Å². The molecule has 10 nitrogen and oxygen atoms in total. The molecule has 0 aromatic heterocycles. The second kappa shape index (κ2) is 29.3. The third-order valence-electron chi connectivity index (χ3n) is 0. The monoisotopic (exact) mass is 304 g/mol. The Hall–Kier alpha value is 0.343. The second-order valence-corrected chi connectivity index (χ2v) is 2.54. The zero-order valence-electron chi connectivity index (χ0n) is 11.3. The molecule has 0 aliphatic rings. The van der Waals surface area contributed by atoms with Crippen LogP contribution in [0, 0.1) is 0 Å². The van der Waals surface area contributed by atoms with Crippen LogP contribution in [0.5, 0.6) is 0 Å². The van der Waals surface area contributed by atoms with Gasteiger partial charge in [0, 0.05) is 0 Å². The van der Waals surface area contributed by atoms with E-state index >= 15 is 0 Å². The summed E-state index contributed by atoms with van der Waals surface area (Å²) in [7, 11) is -9.39. The van der Waals surface area contributed by atoms with Crippen LogP contribution >= 0.6 is 0 Å². The van der Waals surface area contributed by atoms with Crippen molar-refractivity contribution >= 4 is 73.6 Å². The van der Waals surface area contributed by atoms with Gasteiger partial charge in [0.2, 0.25) is 0 Å². The van der Waals surface area contributed by atoms with Crippen LogP contribution in [0.2, 0.25) is 0 Å². The summed E-state index contributed by atoms with van der Waals surface area (Å²) in [4.78, 5) is 42.9. The van der Waals surface area contributed by atoms with Gasteiger partial charge in [-0.25, -0.2) is 0 Å². The Morgan fingerprint density at radius 1 is 0.600 bits per heavy atom. The molecule has 0 saturated heterocycles. The SMILES string of the molecule is O.O=[Si](O)O.O=[Si](O)O.O=[Si](O)O.[H-].[H-].[H-].[H-].[Mg+2].[Mg+2]. The van der Waals surface area contributed by atoms with Crippen LogP contribution in [0.4, 0.5) is 0 Å². The first-order valence-corrected chi connectivity index (χ1v) is 5.86. The average molecular weight is 305 g/mol. The molecular weight excluding hydrogens is 293 g/mol. The minimum atomic E-state index is -3.13.